The fourth-order valence-electron chi connectivity index (χ4n) is 5.10. The molecule has 19 nitrogen and oxygen atoms in total. The Morgan fingerprint density at radius 3 is 1.67 bits per heavy atom. The first-order valence-corrected chi connectivity index (χ1v) is 22.4. The van der Waals surface area contributed by atoms with Crippen LogP contribution in [-0.2, 0) is 27.2 Å². The quantitative estimate of drug-likeness (QED) is 0.0399. The van der Waals surface area contributed by atoms with Crippen molar-refractivity contribution in [3.8, 4) is 34.9 Å². The number of aliphatic imine (C=N–C) groups is 1. The normalized spacial score (nSPS) is 11.2. The number of pyridine rings is 5. The third kappa shape index (κ3) is 18.9. The van der Waals surface area contributed by atoms with Gasteiger partial charge in [0.05, 0.1) is 124 Å². The molecule has 5 aromatic rings. The van der Waals surface area contributed by atoms with E-state index >= 15 is 0 Å². The molecule has 2 amide bonds. The summed E-state index contributed by atoms with van der Waals surface area (Å²) in [4.78, 5) is 57.7. The van der Waals surface area contributed by atoms with Gasteiger partial charge in [-0.15, -0.1) is 35.0 Å². The zero-order valence-electron chi connectivity index (χ0n) is 36.5. The molecule has 2 aliphatic heterocycles. The van der Waals surface area contributed by atoms with Crippen LogP contribution in [0.3, 0.4) is 0 Å². The summed E-state index contributed by atoms with van der Waals surface area (Å²) in [5.74, 6) is 2.20. The maximum absolute atomic E-state index is 12.1. The number of anilines is 4. The summed E-state index contributed by atoms with van der Waals surface area (Å²) in [6.45, 7) is 0. The topological polar surface area (TPSA) is 246 Å². The molecule has 0 saturated carbocycles. The van der Waals surface area contributed by atoms with E-state index in [2.05, 4.69) is 45.9 Å². The van der Waals surface area contributed by atoms with Crippen LogP contribution in [0.25, 0.3) is 0 Å². The van der Waals surface area contributed by atoms with Crippen LogP contribution < -0.4 is 50.1 Å². The summed E-state index contributed by atoms with van der Waals surface area (Å²) < 4.78 is 30.0. The van der Waals surface area contributed by atoms with Gasteiger partial charge in [-0.25, -0.2) is 29.9 Å². The monoisotopic (exact) mass is 1060 g/mol. The lowest BCUT2D eigenvalue weighted by Crippen LogP contribution is -2.15. The number of ether oxygens (including phenoxy) is 6. The van der Waals surface area contributed by atoms with Crippen LogP contribution in [-0.4, -0.2) is 112 Å². The number of fused-ring (bicyclic) bond motifs is 2. The molecule has 0 aromatic carbocycles. The predicted molar refractivity (Wildman–Crippen MR) is 268 cm³/mol. The van der Waals surface area contributed by atoms with Crippen molar-refractivity contribution in [2.24, 2.45) is 4.99 Å². The number of hydrogen-bond donors (Lipinski definition) is 4. The molecule has 0 radical (unpaired) electrons. The first kappa shape index (κ1) is 55.6. The number of alkyl halides is 2. The SMILES string of the molecule is COc1cc(N)cnc1OC.COc1cc(NC(=O)CCl)cnc1OC.COc1cc(NC(=O)CSC2=Nc3cnc(Cl)cc3C2)cnc1OC.O=C(Cl)CCl.S=C1Cc2cc(Cl)ncc2N1. The smallest absolute Gasteiger partial charge is 0.256 e. The summed E-state index contributed by atoms with van der Waals surface area (Å²) in [5.41, 5.74) is 11.0. The highest BCUT2D eigenvalue weighted by molar-refractivity contribution is 8.14. The van der Waals surface area contributed by atoms with Crippen molar-refractivity contribution in [3.05, 3.63) is 82.7 Å². The van der Waals surface area contributed by atoms with E-state index in [0.717, 1.165) is 39.0 Å². The lowest BCUT2D eigenvalue weighted by molar-refractivity contribution is -0.114. The van der Waals surface area contributed by atoms with Crippen molar-refractivity contribution in [1.82, 2.24) is 24.9 Å². The molecule has 0 spiro atoms. The number of nitrogen functional groups attached to an aromatic ring is 1. The van der Waals surface area contributed by atoms with Crippen LogP contribution in [0.1, 0.15) is 11.1 Å². The minimum absolute atomic E-state index is 0.0957. The van der Waals surface area contributed by atoms with Crippen LogP contribution in [0.5, 0.6) is 34.9 Å². The number of rotatable bonds is 12. The van der Waals surface area contributed by atoms with Crippen LogP contribution in [0.4, 0.5) is 28.4 Å². The van der Waals surface area contributed by atoms with Crippen molar-refractivity contribution in [1.29, 1.82) is 0 Å². The Kier molecular flexibility index (Phi) is 24.2. The predicted octanol–water partition coefficient (Wildman–Crippen LogP) is 8.08. The van der Waals surface area contributed by atoms with E-state index in [4.69, 9.17) is 104 Å². The number of thiocarbonyl (C=S) groups is 1. The summed E-state index contributed by atoms with van der Waals surface area (Å²) in [7, 11) is 9.06. The maximum atomic E-state index is 12.1. The second-order valence-corrected chi connectivity index (χ2v) is 15.8. The highest BCUT2D eigenvalue weighted by atomic mass is 35.5. The Morgan fingerprint density at radius 1 is 0.672 bits per heavy atom. The Bertz CT molecular complexity index is 2530. The zero-order valence-corrected chi connectivity index (χ0v) is 41.9. The molecule has 0 unspecified atom stereocenters. The van der Waals surface area contributed by atoms with Crippen LogP contribution in [0.15, 0.2) is 66.3 Å². The Balaban J connectivity index is 0.000000243. The van der Waals surface area contributed by atoms with Crippen molar-refractivity contribution in [2.45, 2.75) is 12.8 Å². The summed E-state index contributed by atoms with van der Waals surface area (Å²) in [5, 5.41) is 9.68. The first-order chi connectivity index (χ1) is 32.1. The van der Waals surface area contributed by atoms with Crippen LogP contribution in [0, 0.1) is 0 Å². The van der Waals surface area contributed by atoms with Crippen molar-refractivity contribution < 1.29 is 42.8 Å². The lowest BCUT2D eigenvalue weighted by atomic mass is 10.2. The van der Waals surface area contributed by atoms with Gasteiger partial charge in [0.1, 0.15) is 16.2 Å². The highest BCUT2D eigenvalue weighted by Gasteiger charge is 2.18. The molecule has 358 valence electrons. The van der Waals surface area contributed by atoms with Gasteiger partial charge in [0.2, 0.25) is 17.1 Å². The first-order valence-electron chi connectivity index (χ1n) is 18.8. The zero-order chi connectivity index (χ0) is 49.5. The van der Waals surface area contributed by atoms with Gasteiger partial charge >= 0.3 is 0 Å². The minimum Gasteiger partial charge on any atom is -0.491 e. The number of nitrogens with one attached hydrogen (secondary N) is 3. The van der Waals surface area contributed by atoms with E-state index in [1.165, 1.54) is 65.9 Å². The molecule has 7 heterocycles. The molecule has 7 rings (SSSR count). The summed E-state index contributed by atoms with van der Waals surface area (Å²) >= 11 is 32.8. The molecule has 26 heteroatoms. The number of nitrogens with zero attached hydrogens (tertiary/aromatic N) is 6. The molecular weight excluding hydrogens is 1020 g/mol. The van der Waals surface area contributed by atoms with Gasteiger partial charge in [-0.05, 0) is 34.9 Å². The Labute approximate surface area is 420 Å². The minimum atomic E-state index is -0.508. The molecule has 5 N–H and O–H groups in total. The summed E-state index contributed by atoms with van der Waals surface area (Å²) in [6, 6.07) is 8.56. The average molecular weight is 1060 g/mol. The standard InChI is InChI=1S/C16H15ClN4O3S.C9H11ClN2O3.C7H5ClN2S.C7H10N2O2.C2H2Cl2O/c1-23-12-5-10(6-19-16(12)24-2)20-14(22)8-25-15-4-9-3-13(17)18-7-11(9)21-15;1-14-7-3-6(12-8(13)4-10)5-11-9(7)15-2;8-6-1-4-2-7(11)10-5(4)3-9-6;1-10-6-3-5(8)4-9-7(6)11-2;3-1-2(4)5/h3,5-7H,4,8H2,1-2H3,(H,20,22);3,5H,4H2,1-2H3,(H,12,13);1,3H,2H2,(H,10,11);3-4H,8H2,1-2H3;1H2. The fourth-order valence-corrected chi connectivity index (χ4v) is 6.59. The Hall–Kier alpha value is -5.68. The number of thioether (sulfide) groups is 1. The van der Waals surface area contributed by atoms with Gasteiger partial charge in [0, 0.05) is 31.0 Å². The van der Waals surface area contributed by atoms with E-state index in [9.17, 15) is 14.4 Å². The van der Waals surface area contributed by atoms with Gasteiger partial charge in [-0.2, -0.15) is 0 Å². The van der Waals surface area contributed by atoms with Gasteiger partial charge in [0.15, 0.2) is 17.2 Å². The Morgan fingerprint density at radius 2 is 1.16 bits per heavy atom. The van der Waals surface area contributed by atoms with E-state index < -0.39 is 5.24 Å². The second-order valence-electron chi connectivity index (χ2n) is 12.6. The van der Waals surface area contributed by atoms with Crippen LogP contribution in [0.2, 0.25) is 10.3 Å². The lowest BCUT2D eigenvalue weighted by Gasteiger charge is -2.09. The largest absolute Gasteiger partial charge is 0.491 e. The number of carbonyl (C=O) groups excluding carboxylic acids is 3. The van der Waals surface area contributed by atoms with E-state index in [0.29, 0.717) is 68.7 Å². The average Bonchev–Trinajstić information content (AvgIpc) is 3.92. The molecule has 0 atom stereocenters. The van der Waals surface area contributed by atoms with E-state index in [1.54, 1.807) is 43.8 Å². The molecular formula is C41H43Cl5N10O9S2. The number of halogens is 5. The number of hydrogen-bond acceptors (Lipinski definition) is 18. The molecule has 0 fully saturated rings. The van der Waals surface area contributed by atoms with E-state index in [-0.39, 0.29) is 29.3 Å². The summed E-state index contributed by atoms with van der Waals surface area (Å²) in [6.07, 6.45) is 9.28. The van der Waals surface area contributed by atoms with Crippen molar-refractivity contribution in [3.63, 3.8) is 0 Å². The maximum Gasteiger partial charge on any atom is 0.256 e. The third-order valence-corrected chi connectivity index (χ3v) is 10.4. The van der Waals surface area contributed by atoms with E-state index in [1.807, 2.05) is 6.07 Å². The van der Waals surface area contributed by atoms with Crippen molar-refractivity contribution in [2.75, 3.05) is 81.9 Å². The molecule has 0 aliphatic carbocycles. The fraction of sp³-hybridized carbons (Fsp3) is 0.268. The molecule has 5 aromatic heterocycles. The molecule has 0 saturated heterocycles. The number of nitrogens with two attached hydrogens (primary N) is 1. The van der Waals surface area contributed by atoms with Crippen molar-refractivity contribution >= 4 is 138 Å². The molecule has 2 aliphatic rings. The van der Waals surface area contributed by atoms with Gasteiger partial charge in [0.25, 0.3) is 17.6 Å². The van der Waals surface area contributed by atoms with Crippen LogP contribution >= 0.6 is 82.0 Å². The molecule has 67 heavy (non-hydrogen) atoms. The van der Waals surface area contributed by atoms with Gasteiger partial charge in [-0.3, -0.25) is 14.4 Å². The number of methoxy groups -OCH3 is 6. The highest BCUT2D eigenvalue weighted by Crippen LogP contribution is 2.32. The van der Waals surface area contributed by atoms with Gasteiger partial charge in [-0.1, -0.05) is 35.4 Å². The molecule has 0 bridgehead atoms. The third-order valence-electron chi connectivity index (χ3n) is 7.98. The number of aromatic nitrogens is 5. The number of amides is 2. The van der Waals surface area contributed by atoms with Gasteiger partial charge < -0.3 is 50.1 Å². The number of carbonyl (C=O) groups is 3. The second kappa shape index (κ2) is 29.2.